The Balaban J connectivity index is 2.18. The maximum Gasteiger partial charge on any atom is 0.256 e. The molecule has 3 aromatic rings. The van der Waals surface area contributed by atoms with Crippen LogP contribution in [0.4, 0.5) is 4.39 Å². The highest BCUT2D eigenvalue weighted by molar-refractivity contribution is 6.02. The third kappa shape index (κ3) is 3.57. The van der Waals surface area contributed by atoms with Crippen molar-refractivity contribution in [3.8, 4) is 11.1 Å². The zero-order chi connectivity index (χ0) is 20.3. The zero-order valence-corrected chi connectivity index (χ0v) is 15.8. The van der Waals surface area contributed by atoms with Crippen LogP contribution in [-0.4, -0.2) is 23.7 Å². The number of halogens is 1. The molecule has 0 aliphatic heterocycles. The molecule has 1 atom stereocenters. The molecule has 0 aromatic heterocycles. The summed E-state index contributed by atoms with van der Waals surface area (Å²) in [6, 6.07) is 22.6. The number of amidine groups is 1. The van der Waals surface area contributed by atoms with Crippen molar-refractivity contribution in [3.05, 3.63) is 95.8 Å². The van der Waals surface area contributed by atoms with E-state index in [2.05, 4.69) is 0 Å². The summed E-state index contributed by atoms with van der Waals surface area (Å²) >= 11 is 0. The van der Waals surface area contributed by atoms with E-state index in [-0.39, 0.29) is 11.7 Å². The molecule has 0 heterocycles. The van der Waals surface area contributed by atoms with E-state index in [1.54, 1.807) is 42.5 Å². The van der Waals surface area contributed by atoms with Crippen molar-refractivity contribution in [2.45, 2.75) is 12.5 Å². The van der Waals surface area contributed by atoms with E-state index in [0.29, 0.717) is 16.7 Å². The van der Waals surface area contributed by atoms with Gasteiger partial charge in [-0.1, -0.05) is 60.7 Å². The Hall–Kier alpha value is -3.31. The van der Waals surface area contributed by atoms with Gasteiger partial charge in [0.1, 0.15) is 11.4 Å². The summed E-state index contributed by atoms with van der Waals surface area (Å²) in [5.41, 5.74) is 7.89. The summed E-state index contributed by atoms with van der Waals surface area (Å²) in [7, 11) is 1.53. The molecule has 0 saturated carbocycles. The first-order valence-electron chi connectivity index (χ1n) is 8.88. The summed E-state index contributed by atoms with van der Waals surface area (Å²) in [5, 5.41) is 7.84. The Kier molecular flexibility index (Phi) is 5.38. The van der Waals surface area contributed by atoms with E-state index in [0.717, 1.165) is 5.56 Å². The summed E-state index contributed by atoms with van der Waals surface area (Å²) in [5.74, 6) is -0.653. The Morgan fingerprint density at radius 2 is 1.50 bits per heavy atom. The lowest BCUT2D eigenvalue weighted by Gasteiger charge is -2.33. The Morgan fingerprint density at radius 3 is 2.11 bits per heavy atom. The van der Waals surface area contributed by atoms with Crippen LogP contribution in [0, 0.1) is 11.2 Å². The van der Waals surface area contributed by atoms with E-state index in [9.17, 15) is 9.18 Å². The van der Waals surface area contributed by atoms with Gasteiger partial charge in [-0.15, -0.1) is 0 Å². The van der Waals surface area contributed by atoms with E-state index < -0.39 is 11.4 Å². The van der Waals surface area contributed by atoms with Gasteiger partial charge in [0, 0.05) is 7.05 Å². The molecule has 142 valence electrons. The maximum absolute atomic E-state index is 13.7. The van der Waals surface area contributed by atoms with Gasteiger partial charge in [0.2, 0.25) is 0 Å². The van der Waals surface area contributed by atoms with Crippen LogP contribution in [-0.2, 0) is 10.3 Å². The van der Waals surface area contributed by atoms with Crippen molar-refractivity contribution in [2.75, 3.05) is 7.05 Å². The van der Waals surface area contributed by atoms with Crippen molar-refractivity contribution in [3.63, 3.8) is 0 Å². The number of carbonyl (C=O) groups excluding carboxylic acids is 1. The highest BCUT2D eigenvalue weighted by Gasteiger charge is 2.40. The molecule has 1 unspecified atom stereocenters. The van der Waals surface area contributed by atoms with Crippen molar-refractivity contribution in [1.29, 1.82) is 5.41 Å². The average molecular weight is 375 g/mol. The second-order valence-electron chi connectivity index (χ2n) is 6.71. The van der Waals surface area contributed by atoms with Crippen molar-refractivity contribution in [1.82, 2.24) is 4.90 Å². The van der Waals surface area contributed by atoms with Crippen molar-refractivity contribution >= 4 is 11.7 Å². The Morgan fingerprint density at radius 1 is 0.929 bits per heavy atom. The minimum absolute atomic E-state index is 0.0945. The first-order chi connectivity index (χ1) is 13.3. The van der Waals surface area contributed by atoms with Crippen molar-refractivity contribution < 1.29 is 9.18 Å². The summed E-state index contributed by atoms with van der Waals surface area (Å²) in [6.07, 6.45) is 0. The van der Waals surface area contributed by atoms with Gasteiger partial charge in [0.25, 0.3) is 5.91 Å². The molecule has 0 fully saturated rings. The standard InChI is InChI=1S/C23H22FN3O/c1-16(25)27(2)22(28)23(26,19-10-4-3-5-11-19)20-12-6-8-17(14-20)18-9-7-13-21(24)15-18/h3-15,25H,26H2,1-2H3. The summed E-state index contributed by atoms with van der Waals surface area (Å²) in [4.78, 5) is 14.5. The summed E-state index contributed by atoms with van der Waals surface area (Å²) in [6.45, 7) is 1.53. The molecule has 1 amide bonds. The van der Waals surface area contributed by atoms with E-state index in [4.69, 9.17) is 11.1 Å². The van der Waals surface area contributed by atoms with Gasteiger partial charge in [0.15, 0.2) is 0 Å². The Labute approximate surface area is 163 Å². The average Bonchev–Trinajstić information content (AvgIpc) is 2.72. The fraction of sp³-hybridized carbons (Fsp3) is 0.130. The number of hydrogen-bond donors (Lipinski definition) is 2. The maximum atomic E-state index is 13.7. The lowest BCUT2D eigenvalue weighted by molar-refractivity contribution is -0.130. The second-order valence-corrected chi connectivity index (χ2v) is 6.71. The van der Waals surface area contributed by atoms with Crippen LogP contribution in [0.1, 0.15) is 18.1 Å². The minimum atomic E-state index is -1.48. The highest BCUT2D eigenvalue weighted by Crippen LogP contribution is 2.32. The largest absolute Gasteiger partial charge is 0.310 e. The molecule has 0 aliphatic rings. The lowest BCUT2D eigenvalue weighted by atomic mass is 9.81. The lowest BCUT2D eigenvalue weighted by Crippen LogP contribution is -2.53. The van der Waals surface area contributed by atoms with Gasteiger partial charge in [-0.25, -0.2) is 4.39 Å². The van der Waals surface area contributed by atoms with Crippen LogP contribution in [0.25, 0.3) is 11.1 Å². The van der Waals surface area contributed by atoms with Gasteiger partial charge >= 0.3 is 0 Å². The highest BCUT2D eigenvalue weighted by atomic mass is 19.1. The molecule has 0 bridgehead atoms. The Bertz CT molecular complexity index is 1020. The number of nitrogens with two attached hydrogens (primary N) is 1. The molecule has 3 rings (SSSR count). The number of nitrogens with one attached hydrogen (secondary N) is 1. The van der Waals surface area contributed by atoms with Crippen LogP contribution in [0.2, 0.25) is 0 Å². The molecular weight excluding hydrogens is 353 g/mol. The fourth-order valence-corrected chi connectivity index (χ4v) is 3.14. The molecule has 0 radical (unpaired) electrons. The first kappa shape index (κ1) is 19.5. The molecule has 0 saturated heterocycles. The number of hydrogen-bond acceptors (Lipinski definition) is 3. The zero-order valence-electron chi connectivity index (χ0n) is 15.8. The monoisotopic (exact) mass is 375 g/mol. The number of carbonyl (C=O) groups is 1. The fourth-order valence-electron chi connectivity index (χ4n) is 3.14. The van der Waals surface area contributed by atoms with Crippen LogP contribution < -0.4 is 5.73 Å². The predicted octanol–water partition coefficient (Wildman–Crippen LogP) is 4.15. The molecule has 0 aliphatic carbocycles. The quantitative estimate of drug-likeness (QED) is 0.531. The predicted molar refractivity (Wildman–Crippen MR) is 109 cm³/mol. The third-order valence-corrected chi connectivity index (χ3v) is 4.85. The van der Waals surface area contributed by atoms with E-state index in [1.165, 1.54) is 31.0 Å². The number of rotatable bonds is 4. The summed E-state index contributed by atoms with van der Waals surface area (Å²) < 4.78 is 13.7. The topological polar surface area (TPSA) is 70.2 Å². The number of nitrogens with zero attached hydrogens (tertiary/aromatic N) is 1. The van der Waals surface area contributed by atoms with Gasteiger partial charge in [0.05, 0.1) is 5.84 Å². The molecule has 28 heavy (non-hydrogen) atoms. The molecule has 5 heteroatoms. The molecule has 4 nitrogen and oxygen atoms in total. The number of benzene rings is 3. The first-order valence-corrected chi connectivity index (χ1v) is 8.88. The van der Waals surface area contributed by atoms with E-state index in [1.807, 2.05) is 24.3 Å². The van der Waals surface area contributed by atoms with Gasteiger partial charge in [-0.05, 0) is 47.4 Å². The smallest absolute Gasteiger partial charge is 0.256 e. The molecule has 3 N–H and O–H groups in total. The van der Waals surface area contributed by atoms with Gasteiger partial charge in [-0.2, -0.15) is 0 Å². The van der Waals surface area contributed by atoms with Crippen LogP contribution in [0.3, 0.4) is 0 Å². The van der Waals surface area contributed by atoms with Crippen LogP contribution >= 0.6 is 0 Å². The van der Waals surface area contributed by atoms with Gasteiger partial charge in [-0.3, -0.25) is 10.2 Å². The molecule has 3 aromatic carbocycles. The molecule has 0 spiro atoms. The minimum Gasteiger partial charge on any atom is -0.310 e. The number of amides is 1. The van der Waals surface area contributed by atoms with E-state index >= 15 is 0 Å². The molecular formula is C23H22FN3O. The van der Waals surface area contributed by atoms with Crippen LogP contribution in [0.15, 0.2) is 78.9 Å². The second kappa shape index (κ2) is 7.74. The normalized spacial score (nSPS) is 12.9. The van der Waals surface area contributed by atoms with Crippen molar-refractivity contribution in [2.24, 2.45) is 5.73 Å². The van der Waals surface area contributed by atoms with Gasteiger partial charge < -0.3 is 10.6 Å². The number of likely N-dealkylation sites (N-methyl/N-ethyl adjacent to an activating group) is 1. The SMILES string of the molecule is CC(=N)N(C)C(=O)C(N)(c1ccccc1)c1cccc(-c2cccc(F)c2)c1. The van der Waals surface area contributed by atoms with Crippen LogP contribution in [0.5, 0.6) is 0 Å². The third-order valence-electron chi connectivity index (χ3n) is 4.85.